The number of phenolic OH excluding ortho intramolecular Hbond substituents is 1. The van der Waals surface area contributed by atoms with Crippen LogP contribution in [0.2, 0.25) is 0 Å². The van der Waals surface area contributed by atoms with Gasteiger partial charge in [-0.1, -0.05) is 42.5 Å². The number of methoxy groups -OCH3 is 1. The van der Waals surface area contributed by atoms with Crippen molar-refractivity contribution in [2.75, 3.05) is 7.11 Å². The van der Waals surface area contributed by atoms with Crippen molar-refractivity contribution in [3.63, 3.8) is 0 Å². The Morgan fingerprint density at radius 2 is 1.77 bits per heavy atom. The number of hydrazone groups is 1. The summed E-state index contributed by atoms with van der Waals surface area (Å²) in [6.07, 6.45) is -0.734. The molecule has 5 nitrogen and oxygen atoms in total. The first-order valence-electron chi connectivity index (χ1n) is 6.83. The number of para-hydroxylation sites is 1. The first-order valence-corrected chi connectivity index (χ1v) is 6.83. The minimum Gasteiger partial charge on any atom is -0.507 e. The lowest BCUT2D eigenvalue weighted by molar-refractivity contribution is -0.131. The number of ether oxygens (including phenoxy) is 1. The van der Waals surface area contributed by atoms with E-state index in [1.165, 1.54) is 7.11 Å². The Morgan fingerprint density at radius 3 is 2.41 bits per heavy atom. The van der Waals surface area contributed by atoms with E-state index in [9.17, 15) is 9.90 Å². The molecule has 1 unspecified atom stereocenters. The Labute approximate surface area is 129 Å². The van der Waals surface area contributed by atoms with Gasteiger partial charge in [-0.15, -0.1) is 0 Å². The van der Waals surface area contributed by atoms with Gasteiger partial charge in [0.25, 0.3) is 5.91 Å². The van der Waals surface area contributed by atoms with Crippen molar-refractivity contribution in [3.05, 3.63) is 65.7 Å². The number of hydrogen-bond acceptors (Lipinski definition) is 4. The second kappa shape index (κ2) is 7.38. The van der Waals surface area contributed by atoms with E-state index in [-0.39, 0.29) is 11.7 Å². The second-order valence-corrected chi connectivity index (χ2v) is 4.72. The predicted octanol–water partition coefficient (Wildman–Crippen LogP) is 2.62. The Balaban J connectivity index is 2.11. The number of aromatic hydroxyl groups is 1. The van der Waals surface area contributed by atoms with Gasteiger partial charge in [0.15, 0.2) is 6.10 Å². The molecule has 2 aromatic rings. The van der Waals surface area contributed by atoms with Crippen LogP contribution in [0.1, 0.15) is 24.2 Å². The number of amides is 1. The fourth-order valence-electron chi connectivity index (χ4n) is 2.06. The first kappa shape index (κ1) is 15.7. The van der Waals surface area contributed by atoms with Gasteiger partial charge in [0.1, 0.15) is 5.75 Å². The zero-order chi connectivity index (χ0) is 15.9. The van der Waals surface area contributed by atoms with E-state index < -0.39 is 6.10 Å². The number of nitrogens with one attached hydrogen (secondary N) is 1. The molecule has 2 N–H and O–H groups in total. The Hall–Kier alpha value is -2.66. The quantitative estimate of drug-likeness (QED) is 0.658. The topological polar surface area (TPSA) is 70.9 Å². The lowest BCUT2D eigenvalue weighted by atomic mass is 10.1. The summed E-state index contributed by atoms with van der Waals surface area (Å²) in [7, 11) is 1.47. The number of carbonyl (C=O) groups is 1. The van der Waals surface area contributed by atoms with E-state index in [2.05, 4.69) is 10.5 Å². The fraction of sp³-hybridized carbons (Fsp3) is 0.176. The van der Waals surface area contributed by atoms with Crippen LogP contribution >= 0.6 is 0 Å². The molecular formula is C17H18N2O3. The maximum absolute atomic E-state index is 12.2. The molecule has 0 spiro atoms. The van der Waals surface area contributed by atoms with Crippen molar-refractivity contribution >= 4 is 11.6 Å². The maximum atomic E-state index is 12.2. The van der Waals surface area contributed by atoms with Crippen molar-refractivity contribution < 1.29 is 14.6 Å². The minimum atomic E-state index is -0.734. The lowest BCUT2D eigenvalue weighted by Gasteiger charge is -2.14. The molecule has 5 heteroatoms. The molecular weight excluding hydrogens is 280 g/mol. The molecule has 0 saturated heterocycles. The predicted molar refractivity (Wildman–Crippen MR) is 84.7 cm³/mol. The summed E-state index contributed by atoms with van der Waals surface area (Å²) < 4.78 is 5.23. The molecule has 1 amide bonds. The van der Waals surface area contributed by atoms with E-state index in [0.29, 0.717) is 11.3 Å². The van der Waals surface area contributed by atoms with Crippen molar-refractivity contribution in [1.82, 2.24) is 5.43 Å². The molecule has 22 heavy (non-hydrogen) atoms. The van der Waals surface area contributed by atoms with E-state index >= 15 is 0 Å². The number of hydrogen-bond donors (Lipinski definition) is 2. The Kier molecular flexibility index (Phi) is 5.27. The summed E-state index contributed by atoms with van der Waals surface area (Å²) in [5.41, 5.74) is 4.29. The number of nitrogens with zero attached hydrogens (tertiary/aromatic N) is 1. The standard InChI is InChI=1S/C17H18N2O3/c1-12(14-10-6-7-11-15(14)20)18-19-17(21)16(22-2)13-8-4-3-5-9-13/h3-11,16,20H,1-2H3,(H,19,21)/b18-12+. The van der Waals surface area contributed by atoms with Gasteiger partial charge in [0.05, 0.1) is 5.71 Å². The van der Waals surface area contributed by atoms with E-state index in [1.807, 2.05) is 30.3 Å². The summed E-state index contributed by atoms with van der Waals surface area (Å²) in [4.78, 5) is 12.2. The van der Waals surface area contributed by atoms with Gasteiger partial charge in [-0.05, 0) is 24.6 Å². The van der Waals surface area contributed by atoms with Crippen molar-refractivity contribution in [2.24, 2.45) is 5.10 Å². The minimum absolute atomic E-state index is 0.115. The smallest absolute Gasteiger partial charge is 0.273 e. The third kappa shape index (κ3) is 3.71. The molecule has 0 aliphatic rings. The molecule has 0 fully saturated rings. The van der Waals surface area contributed by atoms with Crippen molar-refractivity contribution in [2.45, 2.75) is 13.0 Å². The fourth-order valence-corrected chi connectivity index (χ4v) is 2.06. The van der Waals surface area contributed by atoms with Crippen molar-refractivity contribution in [1.29, 1.82) is 0 Å². The molecule has 0 bridgehead atoms. The largest absolute Gasteiger partial charge is 0.507 e. The van der Waals surface area contributed by atoms with Gasteiger partial charge in [0.2, 0.25) is 0 Å². The molecule has 114 valence electrons. The van der Waals surface area contributed by atoms with E-state index in [1.54, 1.807) is 31.2 Å². The van der Waals surface area contributed by atoms with Crippen LogP contribution in [0.3, 0.4) is 0 Å². The molecule has 0 aliphatic heterocycles. The van der Waals surface area contributed by atoms with Crippen LogP contribution < -0.4 is 5.43 Å². The highest BCUT2D eigenvalue weighted by atomic mass is 16.5. The third-order valence-electron chi connectivity index (χ3n) is 3.20. The van der Waals surface area contributed by atoms with Gasteiger partial charge in [-0.3, -0.25) is 4.79 Å². The number of phenols is 1. The summed E-state index contributed by atoms with van der Waals surface area (Å²) in [5, 5.41) is 13.8. The number of benzene rings is 2. The second-order valence-electron chi connectivity index (χ2n) is 4.72. The molecule has 0 saturated carbocycles. The lowest BCUT2D eigenvalue weighted by Crippen LogP contribution is -2.27. The summed E-state index contributed by atoms with van der Waals surface area (Å²) in [6, 6.07) is 16.0. The highest BCUT2D eigenvalue weighted by molar-refractivity contribution is 6.01. The summed E-state index contributed by atoms with van der Waals surface area (Å²) in [6.45, 7) is 1.71. The first-order chi connectivity index (χ1) is 10.6. The van der Waals surface area contributed by atoms with Gasteiger partial charge in [0, 0.05) is 12.7 Å². The molecule has 0 radical (unpaired) electrons. The summed E-state index contributed by atoms with van der Waals surface area (Å²) in [5.74, 6) is -0.257. The van der Waals surface area contributed by atoms with Crippen LogP contribution in [0.25, 0.3) is 0 Å². The van der Waals surface area contributed by atoms with Gasteiger partial charge in [-0.25, -0.2) is 5.43 Å². The normalized spacial score (nSPS) is 12.7. The van der Waals surface area contributed by atoms with Crippen LogP contribution in [-0.4, -0.2) is 23.8 Å². The maximum Gasteiger partial charge on any atom is 0.273 e. The van der Waals surface area contributed by atoms with Crippen LogP contribution in [0.15, 0.2) is 59.7 Å². The highest BCUT2D eigenvalue weighted by Gasteiger charge is 2.19. The summed E-state index contributed by atoms with van der Waals surface area (Å²) >= 11 is 0. The van der Waals surface area contributed by atoms with E-state index in [0.717, 1.165) is 5.56 Å². The van der Waals surface area contributed by atoms with Crippen LogP contribution in [-0.2, 0) is 9.53 Å². The van der Waals surface area contributed by atoms with Crippen LogP contribution in [0, 0.1) is 0 Å². The average Bonchev–Trinajstić information content (AvgIpc) is 2.55. The molecule has 0 heterocycles. The van der Waals surface area contributed by atoms with Crippen molar-refractivity contribution in [3.8, 4) is 5.75 Å². The molecule has 1 atom stereocenters. The van der Waals surface area contributed by atoms with E-state index in [4.69, 9.17) is 4.74 Å². The van der Waals surface area contributed by atoms with Gasteiger partial charge in [-0.2, -0.15) is 5.10 Å². The Bertz CT molecular complexity index is 669. The van der Waals surface area contributed by atoms with Crippen LogP contribution in [0.4, 0.5) is 0 Å². The zero-order valence-corrected chi connectivity index (χ0v) is 12.5. The third-order valence-corrected chi connectivity index (χ3v) is 3.20. The molecule has 2 aromatic carbocycles. The Morgan fingerprint density at radius 1 is 1.14 bits per heavy atom. The zero-order valence-electron chi connectivity index (χ0n) is 12.5. The van der Waals surface area contributed by atoms with Crippen LogP contribution in [0.5, 0.6) is 5.75 Å². The number of carbonyl (C=O) groups excluding carboxylic acids is 1. The average molecular weight is 298 g/mol. The van der Waals surface area contributed by atoms with Gasteiger partial charge >= 0.3 is 0 Å². The monoisotopic (exact) mass is 298 g/mol. The molecule has 0 aromatic heterocycles. The van der Waals surface area contributed by atoms with Gasteiger partial charge < -0.3 is 9.84 Å². The highest BCUT2D eigenvalue weighted by Crippen LogP contribution is 2.18. The number of rotatable bonds is 5. The SMILES string of the molecule is COC(C(=O)N/N=C(\C)c1ccccc1O)c1ccccc1. The molecule has 0 aliphatic carbocycles. The molecule has 2 rings (SSSR count).